The smallest absolute Gasteiger partial charge is 0.272 e. The normalized spacial score (nSPS) is 18.5. The van der Waals surface area contributed by atoms with Gasteiger partial charge in [0.2, 0.25) is 0 Å². The molecule has 2 aliphatic rings. The van der Waals surface area contributed by atoms with Gasteiger partial charge in [0.15, 0.2) is 17.2 Å². The number of carbonyl (C=O) groups excluding carboxylic acids is 1. The minimum atomic E-state index is -0.146. The molecule has 1 aliphatic carbocycles. The van der Waals surface area contributed by atoms with Gasteiger partial charge in [0.25, 0.3) is 5.91 Å². The number of likely N-dealkylation sites (tertiary alicyclic amines) is 1. The number of hydrogen-bond acceptors (Lipinski definition) is 5. The van der Waals surface area contributed by atoms with Gasteiger partial charge in [-0.05, 0) is 49.1 Å². The molecule has 3 aromatic rings. The van der Waals surface area contributed by atoms with Gasteiger partial charge >= 0.3 is 0 Å². The Morgan fingerprint density at radius 3 is 2.53 bits per heavy atom. The number of nitrogens with one attached hydrogen (secondary N) is 1. The Hall–Kier alpha value is -3.32. The Balaban J connectivity index is 1.47. The SMILES string of the molecule is COc1ccc(-c2cn(-c3ccccc3)nc2C(=O)NC2CCN(C3CC3)C2)cc1OC. The number of ether oxygens (including phenoxy) is 2. The molecule has 0 radical (unpaired) electrons. The average Bonchev–Trinajstić information content (AvgIpc) is 3.41. The fraction of sp³-hybridized carbons (Fsp3) is 0.360. The van der Waals surface area contributed by atoms with E-state index in [9.17, 15) is 4.79 Å². The summed E-state index contributed by atoms with van der Waals surface area (Å²) in [5.41, 5.74) is 2.91. The van der Waals surface area contributed by atoms with Crippen molar-refractivity contribution >= 4 is 5.91 Å². The highest BCUT2D eigenvalue weighted by molar-refractivity contribution is 5.99. The van der Waals surface area contributed by atoms with Crippen LogP contribution in [0.15, 0.2) is 54.7 Å². The zero-order valence-corrected chi connectivity index (χ0v) is 18.5. The predicted molar refractivity (Wildman–Crippen MR) is 123 cm³/mol. The van der Waals surface area contributed by atoms with E-state index >= 15 is 0 Å². The molecule has 2 fully saturated rings. The summed E-state index contributed by atoms with van der Waals surface area (Å²) in [4.78, 5) is 15.8. The van der Waals surface area contributed by atoms with Crippen molar-refractivity contribution in [2.75, 3.05) is 27.3 Å². The second-order valence-corrected chi connectivity index (χ2v) is 8.43. The molecular weight excluding hydrogens is 404 g/mol. The lowest BCUT2D eigenvalue weighted by Gasteiger charge is -2.15. The molecule has 5 rings (SSSR count). The van der Waals surface area contributed by atoms with E-state index < -0.39 is 0 Å². The number of aromatic nitrogens is 2. The third kappa shape index (κ3) is 4.08. The van der Waals surface area contributed by atoms with E-state index in [1.165, 1.54) is 12.8 Å². The van der Waals surface area contributed by atoms with Gasteiger partial charge in [-0.2, -0.15) is 5.10 Å². The molecule has 2 heterocycles. The highest BCUT2D eigenvalue weighted by Crippen LogP contribution is 2.34. The van der Waals surface area contributed by atoms with Crippen LogP contribution < -0.4 is 14.8 Å². The van der Waals surface area contributed by atoms with Crippen molar-refractivity contribution in [3.8, 4) is 28.3 Å². The minimum absolute atomic E-state index is 0.146. The van der Waals surface area contributed by atoms with Crippen molar-refractivity contribution in [1.82, 2.24) is 20.0 Å². The van der Waals surface area contributed by atoms with E-state index in [0.717, 1.165) is 42.4 Å². The van der Waals surface area contributed by atoms with Crippen LogP contribution in [-0.2, 0) is 0 Å². The number of nitrogens with zero attached hydrogens (tertiary/aromatic N) is 3. The zero-order valence-electron chi connectivity index (χ0n) is 18.5. The van der Waals surface area contributed by atoms with Gasteiger partial charge in [0.05, 0.1) is 19.9 Å². The van der Waals surface area contributed by atoms with Crippen molar-refractivity contribution < 1.29 is 14.3 Å². The van der Waals surface area contributed by atoms with Crippen molar-refractivity contribution in [3.05, 3.63) is 60.4 Å². The van der Waals surface area contributed by atoms with Crippen molar-refractivity contribution in [2.24, 2.45) is 0 Å². The molecular formula is C25H28N4O3. The van der Waals surface area contributed by atoms with Crippen LogP contribution in [0.1, 0.15) is 29.8 Å². The van der Waals surface area contributed by atoms with Crippen LogP contribution in [0.2, 0.25) is 0 Å². The lowest BCUT2D eigenvalue weighted by molar-refractivity contribution is 0.0932. The Kier molecular flexibility index (Phi) is 5.57. The molecule has 7 nitrogen and oxygen atoms in total. The summed E-state index contributed by atoms with van der Waals surface area (Å²) in [7, 11) is 3.21. The lowest BCUT2D eigenvalue weighted by atomic mass is 10.0. The minimum Gasteiger partial charge on any atom is -0.493 e. The fourth-order valence-electron chi connectivity index (χ4n) is 4.40. The third-order valence-corrected chi connectivity index (χ3v) is 6.26. The van der Waals surface area contributed by atoms with Gasteiger partial charge in [-0.1, -0.05) is 24.3 Å². The van der Waals surface area contributed by atoms with Gasteiger partial charge < -0.3 is 14.8 Å². The van der Waals surface area contributed by atoms with Crippen LogP contribution in [0.25, 0.3) is 16.8 Å². The van der Waals surface area contributed by atoms with Crippen LogP contribution in [0, 0.1) is 0 Å². The zero-order chi connectivity index (χ0) is 22.1. The maximum Gasteiger partial charge on any atom is 0.272 e. The number of rotatable bonds is 7. The van der Waals surface area contributed by atoms with Crippen molar-refractivity contribution in [3.63, 3.8) is 0 Å². The Morgan fingerprint density at radius 1 is 1.03 bits per heavy atom. The predicted octanol–water partition coefficient (Wildman–Crippen LogP) is 3.52. The summed E-state index contributed by atoms with van der Waals surface area (Å²) in [6.07, 6.45) is 5.45. The Labute approximate surface area is 187 Å². The number of para-hydroxylation sites is 1. The van der Waals surface area contributed by atoms with Crippen molar-refractivity contribution in [1.29, 1.82) is 0 Å². The Bertz CT molecular complexity index is 1110. The summed E-state index contributed by atoms with van der Waals surface area (Å²) in [6.45, 7) is 1.97. The molecule has 0 spiro atoms. The molecule has 1 N–H and O–H groups in total. The molecule has 1 aromatic heterocycles. The topological polar surface area (TPSA) is 68.6 Å². The van der Waals surface area contributed by atoms with Crippen molar-refractivity contribution in [2.45, 2.75) is 31.3 Å². The standard InChI is InChI=1S/C25H28N4O3/c1-31-22-11-8-17(14-23(22)32-2)21-16-29(20-6-4-3-5-7-20)27-24(21)25(30)26-18-12-13-28(15-18)19-9-10-19/h3-8,11,14,16,18-19H,9-10,12-13,15H2,1-2H3,(H,26,30). The van der Waals surface area contributed by atoms with E-state index in [-0.39, 0.29) is 11.9 Å². The summed E-state index contributed by atoms with van der Waals surface area (Å²) in [6, 6.07) is 16.3. The monoisotopic (exact) mass is 432 g/mol. The van der Waals surface area contributed by atoms with Gasteiger partial charge in [0.1, 0.15) is 0 Å². The van der Waals surface area contributed by atoms with E-state index in [1.807, 2.05) is 54.7 Å². The molecule has 0 bridgehead atoms. The summed E-state index contributed by atoms with van der Waals surface area (Å²) in [5, 5.41) is 7.90. The van der Waals surface area contributed by atoms with Gasteiger partial charge in [-0.15, -0.1) is 0 Å². The molecule has 1 atom stereocenters. The molecule has 1 unspecified atom stereocenters. The molecule has 7 heteroatoms. The maximum absolute atomic E-state index is 13.3. The molecule has 166 valence electrons. The summed E-state index contributed by atoms with van der Waals surface area (Å²) < 4.78 is 12.6. The van der Waals surface area contributed by atoms with Crippen LogP contribution in [0.4, 0.5) is 0 Å². The first-order valence-corrected chi connectivity index (χ1v) is 11.1. The highest BCUT2D eigenvalue weighted by atomic mass is 16.5. The largest absolute Gasteiger partial charge is 0.493 e. The van der Waals surface area contributed by atoms with Gasteiger partial charge in [-0.3, -0.25) is 9.69 Å². The second-order valence-electron chi connectivity index (χ2n) is 8.43. The molecule has 1 saturated carbocycles. The van der Waals surface area contributed by atoms with Crippen LogP contribution >= 0.6 is 0 Å². The number of benzene rings is 2. The number of methoxy groups -OCH3 is 2. The van der Waals surface area contributed by atoms with E-state index in [2.05, 4.69) is 15.3 Å². The molecule has 32 heavy (non-hydrogen) atoms. The quantitative estimate of drug-likeness (QED) is 0.619. The molecule has 1 saturated heterocycles. The van der Waals surface area contributed by atoms with Crippen LogP contribution in [0.5, 0.6) is 11.5 Å². The number of hydrogen-bond donors (Lipinski definition) is 1. The molecule has 1 amide bonds. The summed E-state index contributed by atoms with van der Waals surface area (Å²) >= 11 is 0. The number of amides is 1. The third-order valence-electron chi connectivity index (χ3n) is 6.26. The average molecular weight is 433 g/mol. The lowest BCUT2D eigenvalue weighted by Crippen LogP contribution is -2.37. The first kappa shape index (κ1) is 20.6. The molecule has 2 aromatic carbocycles. The van der Waals surface area contributed by atoms with E-state index in [1.54, 1.807) is 18.9 Å². The van der Waals surface area contributed by atoms with Gasteiger partial charge in [-0.25, -0.2) is 4.68 Å². The fourth-order valence-corrected chi connectivity index (χ4v) is 4.40. The first-order valence-electron chi connectivity index (χ1n) is 11.1. The van der Waals surface area contributed by atoms with Crippen LogP contribution in [-0.4, -0.2) is 60.0 Å². The Morgan fingerprint density at radius 2 is 1.81 bits per heavy atom. The van der Waals surface area contributed by atoms with Gasteiger partial charge in [0, 0.05) is 36.9 Å². The second kappa shape index (κ2) is 8.67. The first-order chi connectivity index (χ1) is 15.7. The highest BCUT2D eigenvalue weighted by Gasteiger charge is 2.35. The maximum atomic E-state index is 13.3. The van der Waals surface area contributed by atoms with E-state index in [0.29, 0.717) is 17.2 Å². The van der Waals surface area contributed by atoms with Crippen LogP contribution in [0.3, 0.4) is 0 Å². The summed E-state index contributed by atoms with van der Waals surface area (Å²) in [5.74, 6) is 1.11. The molecule has 1 aliphatic heterocycles. The number of carbonyl (C=O) groups is 1. The van der Waals surface area contributed by atoms with E-state index in [4.69, 9.17) is 9.47 Å².